The van der Waals surface area contributed by atoms with E-state index in [1.807, 2.05) is 25.1 Å². The first kappa shape index (κ1) is 20.0. The van der Waals surface area contributed by atoms with Crippen molar-refractivity contribution in [2.45, 2.75) is 32.1 Å². The smallest absolute Gasteiger partial charge is 0.258 e. The predicted molar refractivity (Wildman–Crippen MR) is 118 cm³/mol. The summed E-state index contributed by atoms with van der Waals surface area (Å²) >= 11 is 0. The summed E-state index contributed by atoms with van der Waals surface area (Å²) in [6, 6.07) is 21.9. The third-order valence-electron chi connectivity index (χ3n) is 5.92. The molecule has 0 bridgehead atoms. The number of ether oxygens (including phenoxy) is 1. The molecule has 30 heavy (non-hydrogen) atoms. The van der Waals surface area contributed by atoms with Gasteiger partial charge in [-0.25, -0.2) is 0 Å². The number of amides is 1. The van der Waals surface area contributed by atoms with E-state index in [1.165, 1.54) is 16.7 Å². The second-order valence-corrected chi connectivity index (χ2v) is 7.66. The number of carbonyl (C=O) groups is 1. The molecule has 0 fully saturated rings. The van der Waals surface area contributed by atoms with Gasteiger partial charge in [0, 0.05) is 18.2 Å². The number of aromatic hydroxyl groups is 1. The minimum absolute atomic E-state index is 0.0854. The van der Waals surface area contributed by atoms with E-state index in [0.717, 1.165) is 30.7 Å². The first-order valence-electron chi connectivity index (χ1n) is 10.4. The fraction of sp³-hybridized carbons (Fsp3) is 0.269. The van der Waals surface area contributed by atoms with E-state index in [-0.39, 0.29) is 11.7 Å². The molecule has 0 saturated heterocycles. The zero-order chi connectivity index (χ0) is 21.1. The summed E-state index contributed by atoms with van der Waals surface area (Å²) in [5, 5.41) is 9.57. The summed E-state index contributed by atoms with van der Waals surface area (Å²) in [6.07, 6.45) is 3.00. The molecule has 0 saturated carbocycles. The highest BCUT2D eigenvalue weighted by Gasteiger charge is 2.26. The van der Waals surface area contributed by atoms with Crippen molar-refractivity contribution < 1.29 is 14.6 Å². The molecule has 4 nitrogen and oxygen atoms in total. The number of carbonyl (C=O) groups excluding carboxylic acids is 1. The van der Waals surface area contributed by atoms with E-state index in [2.05, 4.69) is 24.3 Å². The molecule has 4 rings (SSSR count). The lowest BCUT2D eigenvalue weighted by Gasteiger charge is -2.31. The third kappa shape index (κ3) is 3.90. The average molecular weight is 400 g/mol. The summed E-state index contributed by atoms with van der Waals surface area (Å²) in [4.78, 5) is 15.1. The highest BCUT2D eigenvalue weighted by atomic mass is 16.5. The lowest BCUT2D eigenvalue weighted by atomic mass is 9.79. The number of phenolic OH excluding ortho intramolecular Hbond substituents is 1. The Labute approximate surface area is 177 Å². The average Bonchev–Trinajstić information content (AvgIpc) is 2.79. The number of hydrogen-bond acceptors (Lipinski definition) is 3. The summed E-state index contributed by atoms with van der Waals surface area (Å²) in [6.45, 7) is 2.52. The van der Waals surface area contributed by atoms with Crippen molar-refractivity contribution in [1.29, 1.82) is 0 Å². The lowest BCUT2D eigenvalue weighted by Crippen LogP contribution is -2.32. The summed E-state index contributed by atoms with van der Waals surface area (Å²) < 4.78 is 5.47. The molecular weight excluding hydrogens is 374 g/mol. The van der Waals surface area contributed by atoms with E-state index in [4.69, 9.17) is 4.74 Å². The minimum Gasteiger partial charge on any atom is -0.508 e. The van der Waals surface area contributed by atoms with Crippen molar-refractivity contribution in [3.05, 3.63) is 89.0 Å². The number of fused-ring (bicyclic) bond motifs is 1. The van der Waals surface area contributed by atoms with Crippen LogP contribution in [-0.4, -0.2) is 24.7 Å². The summed E-state index contributed by atoms with van der Waals surface area (Å²) in [5.41, 5.74) is 5.35. The third-order valence-corrected chi connectivity index (χ3v) is 5.92. The molecular formula is C26H26NO3. The van der Waals surface area contributed by atoms with Crippen LogP contribution in [0.3, 0.4) is 0 Å². The van der Waals surface area contributed by atoms with Gasteiger partial charge in [0.1, 0.15) is 11.5 Å². The quantitative estimate of drug-likeness (QED) is 0.645. The normalized spacial score (nSPS) is 15.3. The molecule has 4 heteroatoms. The van der Waals surface area contributed by atoms with Crippen LogP contribution < -0.4 is 9.64 Å². The number of rotatable bonds is 5. The van der Waals surface area contributed by atoms with Gasteiger partial charge < -0.3 is 14.7 Å². The number of nitrogens with zero attached hydrogens (tertiary/aromatic N) is 1. The lowest BCUT2D eigenvalue weighted by molar-refractivity contribution is 0.0988. The number of benzene rings is 3. The molecule has 1 aliphatic carbocycles. The van der Waals surface area contributed by atoms with Gasteiger partial charge in [-0.1, -0.05) is 24.3 Å². The molecule has 3 aromatic carbocycles. The van der Waals surface area contributed by atoms with Crippen molar-refractivity contribution in [3.8, 4) is 11.5 Å². The van der Waals surface area contributed by atoms with Crippen molar-refractivity contribution in [2.24, 2.45) is 0 Å². The molecule has 0 aromatic heterocycles. The van der Waals surface area contributed by atoms with Gasteiger partial charge in [-0.2, -0.15) is 0 Å². The summed E-state index contributed by atoms with van der Waals surface area (Å²) in [7, 11) is 1.64. The van der Waals surface area contributed by atoms with Crippen LogP contribution in [0.25, 0.3) is 0 Å². The van der Waals surface area contributed by atoms with Gasteiger partial charge in [-0.15, -0.1) is 0 Å². The maximum Gasteiger partial charge on any atom is 0.258 e. The van der Waals surface area contributed by atoms with Crippen LogP contribution in [-0.2, 0) is 12.8 Å². The Morgan fingerprint density at radius 2 is 1.97 bits per heavy atom. The van der Waals surface area contributed by atoms with Gasteiger partial charge in [-0.3, -0.25) is 4.79 Å². The van der Waals surface area contributed by atoms with Crippen LogP contribution in [0.4, 0.5) is 5.69 Å². The van der Waals surface area contributed by atoms with Crippen molar-refractivity contribution in [2.75, 3.05) is 18.6 Å². The first-order chi connectivity index (χ1) is 14.6. The zero-order valence-electron chi connectivity index (χ0n) is 17.4. The second kappa shape index (κ2) is 8.62. The molecule has 1 amide bonds. The van der Waals surface area contributed by atoms with E-state index < -0.39 is 0 Å². The predicted octanol–water partition coefficient (Wildman–Crippen LogP) is 5.14. The second-order valence-electron chi connectivity index (χ2n) is 7.66. The Balaban J connectivity index is 1.72. The zero-order valence-corrected chi connectivity index (χ0v) is 17.4. The van der Waals surface area contributed by atoms with E-state index >= 15 is 0 Å². The molecule has 0 aliphatic heterocycles. The molecule has 0 unspecified atom stereocenters. The monoisotopic (exact) mass is 400 g/mol. The largest absolute Gasteiger partial charge is 0.508 e. The van der Waals surface area contributed by atoms with Crippen molar-refractivity contribution >= 4 is 11.6 Å². The Bertz CT molecular complexity index is 1040. The van der Waals surface area contributed by atoms with Crippen molar-refractivity contribution in [3.63, 3.8) is 0 Å². The number of aryl methyl sites for hydroxylation is 1. The molecule has 0 spiro atoms. The van der Waals surface area contributed by atoms with Crippen LogP contribution >= 0.6 is 0 Å². The van der Waals surface area contributed by atoms with Crippen LogP contribution in [0.1, 0.15) is 46.3 Å². The molecule has 0 heterocycles. The van der Waals surface area contributed by atoms with Gasteiger partial charge in [0.25, 0.3) is 5.91 Å². The fourth-order valence-electron chi connectivity index (χ4n) is 4.30. The Hall–Kier alpha value is -3.27. The van der Waals surface area contributed by atoms with E-state index in [0.29, 0.717) is 18.0 Å². The SMILES string of the molecule is CCN(C(=O)c1ccc(O)cc1)c1cc(OC)ccc1[C@@H]1CCc2c[c]ccc2C1. The Morgan fingerprint density at radius 1 is 1.17 bits per heavy atom. The number of phenols is 1. The maximum absolute atomic E-state index is 13.3. The highest BCUT2D eigenvalue weighted by molar-refractivity contribution is 6.06. The van der Waals surface area contributed by atoms with Crippen LogP contribution in [0.5, 0.6) is 11.5 Å². The van der Waals surface area contributed by atoms with Crippen LogP contribution in [0.2, 0.25) is 0 Å². The van der Waals surface area contributed by atoms with E-state index in [9.17, 15) is 9.90 Å². The Morgan fingerprint density at radius 3 is 2.70 bits per heavy atom. The molecule has 1 radical (unpaired) electrons. The molecule has 3 aromatic rings. The highest BCUT2D eigenvalue weighted by Crippen LogP contribution is 2.39. The minimum atomic E-state index is -0.0854. The number of anilines is 1. The molecule has 1 N–H and O–H groups in total. The number of hydrogen-bond donors (Lipinski definition) is 1. The van der Waals surface area contributed by atoms with Gasteiger partial charge in [-0.05, 0) is 85.2 Å². The van der Waals surface area contributed by atoms with Crippen LogP contribution in [0.15, 0.2) is 60.7 Å². The summed E-state index contributed by atoms with van der Waals surface area (Å²) in [5.74, 6) is 1.13. The fourth-order valence-corrected chi connectivity index (χ4v) is 4.30. The van der Waals surface area contributed by atoms with Crippen molar-refractivity contribution in [1.82, 2.24) is 0 Å². The standard InChI is InChI=1S/C26H26NO3/c1-3-27(26(29)19-10-12-22(28)13-11-19)25-17-23(30-2)14-15-24(25)21-9-8-18-6-4-5-7-20(18)16-21/h5-7,10-15,17,21,28H,3,8-9,16H2,1-2H3/t21-/m1/s1. The Kier molecular flexibility index (Phi) is 5.75. The molecule has 1 atom stereocenters. The molecule has 1 aliphatic rings. The van der Waals surface area contributed by atoms with Gasteiger partial charge in [0.15, 0.2) is 0 Å². The first-order valence-corrected chi connectivity index (χ1v) is 10.4. The molecule has 153 valence electrons. The van der Waals surface area contributed by atoms with Gasteiger partial charge in [0.2, 0.25) is 0 Å². The van der Waals surface area contributed by atoms with Crippen LogP contribution in [0, 0.1) is 6.07 Å². The topological polar surface area (TPSA) is 49.8 Å². The number of methoxy groups -OCH3 is 1. The van der Waals surface area contributed by atoms with Gasteiger partial charge in [0.05, 0.1) is 12.8 Å². The maximum atomic E-state index is 13.3. The van der Waals surface area contributed by atoms with E-state index in [1.54, 1.807) is 36.3 Å². The van der Waals surface area contributed by atoms with Gasteiger partial charge >= 0.3 is 0 Å².